The van der Waals surface area contributed by atoms with Gasteiger partial charge >= 0.3 is 6.18 Å². The first-order valence-corrected chi connectivity index (χ1v) is 9.88. The fourth-order valence-corrected chi connectivity index (χ4v) is 4.22. The van der Waals surface area contributed by atoms with E-state index in [1.165, 1.54) is 0 Å². The van der Waals surface area contributed by atoms with Crippen LogP contribution in [0.3, 0.4) is 0 Å². The van der Waals surface area contributed by atoms with Gasteiger partial charge in [-0.05, 0) is 32.1 Å². The number of anilines is 1. The highest BCUT2D eigenvalue weighted by Crippen LogP contribution is 2.42. The second-order valence-electron chi connectivity index (χ2n) is 8.01. The van der Waals surface area contributed by atoms with Crippen molar-refractivity contribution in [1.29, 1.82) is 5.26 Å². The summed E-state index contributed by atoms with van der Waals surface area (Å²) in [6.07, 6.45) is -1.20. The Bertz CT molecular complexity index is 773. The van der Waals surface area contributed by atoms with Gasteiger partial charge in [0.2, 0.25) is 23.4 Å². The lowest BCUT2D eigenvalue weighted by atomic mass is 9.80. The van der Waals surface area contributed by atoms with Gasteiger partial charge < -0.3 is 14.2 Å². The van der Waals surface area contributed by atoms with Crippen molar-refractivity contribution in [2.75, 3.05) is 31.1 Å². The van der Waals surface area contributed by atoms with Gasteiger partial charge in [-0.15, -0.1) is 0 Å². The van der Waals surface area contributed by atoms with Crippen LogP contribution in [0.25, 0.3) is 0 Å². The predicted octanol–water partition coefficient (Wildman–Crippen LogP) is 3.44. The van der Waals surface area contributed by atoms with E-state index in [-0.39, 0.29) is 24.4 Å². The maximum absolute atomic E-state index is 13.0. The lowest BCUT2D eigenvalue weighted by Crippen LogP contribution is -2.51. The van der Waals surface area contributed by atoms with Crippen LogP contribution in [0.2, 0.25) is 0 Å². The molecule has 0 aromatic carbocycles. The van der Waals surface area contributed by atoms with Gasteiger partial charge in [-0.2, -0.15) is 18.4 Å². The molecular formula is C19H23F3N4O2. The Labute approximate surface area is 161 Å². The molecule has 0 N–H and O–H groups in total. The molecule has 0 bridgehead atoms. The smallest absolute Gasteiger partial charge is 0.391 e. The quantitative estimate of drug-likeness (QED) is 0.783. The van der Waals surface area contributed by atoms with Crippen molar-refractivity contribution in [3.8, 4) is 6.07 Å². The molecule has 1 saturated heterocycles. The SMILES string of the molecule is N#Cc1nc(C2CC2)oc1N1CCN(C(=O)[C@H]2CCC[C@H](C(F)(F)F)C2)CC1. The number of alkyl halides is 3. The molecule has 1 aromatic rings. The van der Waals surface area contributed by atoms with Gasteiger partial charge in [0.15, 0.2) is 0 Å². The van der Waals surface area contributed by atoms with Crippen molar-refractivity contribution >= 4 is 11.8 Å². The number of carbonyl (C=O) groups excluding carboxylic acids is 1. The Hall–Kier alpha value is -2.24. The number of hydrogen-bond donors (Lipinski definition) is 0. The molecule has 28 heavy (non-hydrogen) atoms. The lowest BCUT2D eigenvalue weighted by molar-refractivity contribution is -0.187. The summed E-state index contributed by atoms with van der Waals surface area (Å²) < 4.78 is 44.9. The fourth-order valence-electron chi connectivity index (χ4n) is 4.22. The van der Waals surface area contributed by atoms with Crippen LogP contribution in [0.1, 0.15) is 56.0 Å². The molecule has 2 atom stereocenters. The molecule has 0 unspecified atom stereocenters. The normalized spacial score (nSPS) is 26.2. The first-order chi connectivity index (χ1) is 13.4. The Morgan fingerprint density at radius 1 is 1.14 bits per heavy atom. The van der Waals surface area contributed by atoms with E-state index in [0.29, 0.717) is 56.7 Å². The van der Waals surface area contributed by atoms with Crippen LogP contribution in [-0.4, -0.2) is 48.1 Å². The van der Waals surface area contributed by atoms with Crippen LogP contribution >= 0.6 is 0 Å². The highest BCUT2D eigenvalue weighted by molar-refractivity contribution is 5.79. The first kappa shape index (κ1) is 19.1. The number of nitrogens with zero attached hydrogens (tertiary/aromatic N) is 4. The van der Waals surface area contributed by atoms with E-state index < -0.39 is 18.0 Å². The van der Waals surface area contributed by atoms with E-state index in [4.69, 9.17) is 4.42 Å². The number of halogens is 3. The van der Waals surface area contributed by atoms with Gasteiger partial charge in [0.05, 0.1) is 5.92 Å². The third-order valence-electron chi connectivity index (χ3n) is 6.02. The van der Waals surface area contributed by atoms with Gasteiger partial charge in [-0.25, -0.2) is 4.98 Å². The molecular weight excluding hydrogens is 373 g/mol. The second-order valence-corrected chi connectivity index (χ2v) is 8.01. The number of carbonyl (C=O) groups is 1. The summed E-state index contributed by atoms with van der Waals surface area (Å²) in [5.41, 5.74) is 0.266. The predicted molar refractivity (Wildman–Crippen MR) is 93.5 cm³/mol. The number of aromatic nitrogens is 1. The van der Waals surface area contributed by atoms with Gasteiger partial charge in [-0.1, -0.05) is 6.42 Å². The zero-order valence-electron chi connectivity index (χ0n) is 15.5. The van der Waals surface area contributed by atoms with Crippen molar-refractivity contribution in [1.82, 2.24) is 9.88 Å². The van der Waals surface area contributed by atoms with Crippen LogP contribution in [0, 0.1) is 23.2 Å². The molecule has 1 amide bonds. The molecule has 2 aliphatic carbocycles. The van der Waals surface area contributed by atoms with E-state index in [1.807, 2.05) is 4.90 Å². The van der Waals surface area contributed by atoms with E-state index in [2.05, 4.69) is 11.1 Å². The summed E-state index contributed by atoms with van der Waals surface area (Å²) >= 11 is 0. The van der Waals surface area contributed by atoms with Crippen molar-refractivity contribution in [3.63, 3.8) is 0 Å². The van der Waals surface area contributed by atoms with Gasteiger partial charge in [0, 0.05) is 38.0 Å². The van der Waals surface area contributed by atoms with E-state index in [1.54, 1.807) is 4.90 Å². The minimum Gasteiger partial charge on any atom is -0.423 e. The summed E-state index contributed by atoms with van der Waals surface area (Å²) in [7, 11) is 0. The molecule has 152 valence electrons. The van der Waals surface area contributed by atoms with Gasteiger partial charge in [0.1, 0.15) is 6.07 Å². The number of amides is 1. The average molecular weight is 396 g/mol. The molecule has 9 heteroatoms. The van der Waals surface area contributed by atoms with Crippen LogP contribution in [-0.2, 0) is 4.79 Å². The first-order valence-electron chi connectivity index (χ1n) is 9.88. The minimum absolute atomic E-state index is 0.103. The Balaban J connectivity index is 1.36. The third-order valence-corrected chi connectivity index (χ3v) is 6.02. The minimum atomic E-state index is -4.23. The number of nitriles is 1. The van der Waals surface area contributed by atoms with Crippen LogP contribution < -0.4 is 4.90 Å². The molecule has 0 radical (unpaired) electrons. The summed E-state index contributed by atoms with van der Waals surface area (Å²) in [5, 5.41) is 9.31. The largest absolute Gasteiger partial charge is 0.423 e. The van der Waals surface area contributed by atoms with Crippen molar-refractivity contribution in [3.05, 3.63) is 11.6 Å². The van der Waals surface area contributed by atoms with E-state index in [0.717, 1.165) is 12.8 Å². The number of rotatable bonds is 3. The highest BCUT2D eigenvalue weighted by Gasteiger charge is 2.44. The van der Waals surface area contributed by atoms with Crippen LogP contribution in [0.5, 0.6) is 0 Å². The number of hydrogen-bond acceptors (Lipinski definition) is 5. The number of piperazine rings is 1. The molecule has 3 fully saturated rings. The van der Waals surface area contributed by atoms with E-state index >= 15 is 0 Å². The Morgan fingerprint density at radius 2 is 1.86 bits per heavy atom. The molecule has 1 aliphatic heterocycles. The molecule has 4 rings (SSSR count). The second kappa shape index (κ2) is 7.30. The molecule has 2 saturated carbocycles. The summed E-state index contributed by atoms with van der Waals surface area (Å²) in [6.45, 7) is 1.79. The topological polar surface area (TPSA) is 73.4 Å². The summed E-state index contributed by atoms with van der Waals surface area (Å²) in [4.78, 5) is 20.6. The summed E-state index contributed by atoms with van der Waals surface area (Å²) in [5.74, 6) is -0.739. The molecule has 0 spiro atoms. The van der Waals surface area contributed by atoms with E-state index in [9.17, 15) is 23.2 Å². The maximum atomic E-state index is 13.0. The highest BCUT2D eigenvalue weighted by atomic mass is 19.4. The van der Waals surface area contributed by atoms with Crippen molar-refractivity contribution in [2.24, 2.45) is 11.8 Å². The van der Waals surface area contributed by atoms with Crippen LogP contribution in [0.4, 0.5) is 19.1 Å². The van der Waals surface area contributed by atoms with Crippen molar-refractivity contribution < 1.29 is 22.4 Å². The molecule has 1 aromatic heterocycles. The zero-order valence-corrected chi connectivity index (χ0v) is 15.5. The molecule has 3 aliphatic rings. The standard InChI is InChI=1S/C19H23F3N4O2/c20-19(21,22)14-3-1-2-13(10-14)17(27)25-6-8-26(9-7-25)18-15(11-23)24-16(28-18)12-4-5-12/h12-14H,1-10H2/t13-,14-/m0/s1. The van der Waals surface area contributed by atoms with Gasteiger partial charge in [-0.3, -0.25) is 4.79 Å². The third kappa shape index (κ3) is 3.82. The maximum Gasteiger partial charge on any atom is 0.391 e. The Morgan fingerprint density at radius 3 is 2.46 bits per heavy atom. The molecule has 2 heterocycles. The van der Waals surface area contributed by atoms with Gasteiger partial charge in [0.25, 0.3) is 0 Å². The summed E-state index contributed by atoms with van der Waals surface area (Å²) in [6, 6.07) is 2.07. The monoisotopic (exact) mass is 396 g/mol. The Kier molecular flexibility index (Phi) is 4.98. The zero-order chi connectivity index (χ0) is 19.9. The number of oxazole rings is 1. The fraction of sp³-hybridized carbons (Fsp3) is 0.737. The average Bonchev–Trinajstić information content (AvgIpc) is 3.46. The van der Waals surface area contributed by atoms with Crippen molar-refractivity contribution in [2.45, 2.75) is 50.6 Å². The lowest BCUT2D eigenvalue weighted by Gasteiger charge is -2.38. The van der Waals surface area contributed by atoms with Crippen LogP contribution in [0.15, 0.2) is 4.42 Å². The molecule has 6 nitrogen and oxygen atoms in total.